The topological polar surface area (TPSA) is 32.3 Å². The van der Waals surface area contributed by atoms with Crippen LogP contribution in [0.15, 0.2) is 24.3 Å². The van der Waals surface area contributed by atoms with Gasteiger partial charge in [-0.25, -0.2) is 0 Å². The van der Waals surface area contributed by atoms with E-state index in [0.717, 1.165) is 18.7 Å². The smallest absolute Gasteiger partial charge is 0.243 e. The Morgan fingerprint density at radius 2 is 2.18 bits per heavy atom. The minimum Gasteiger partial charge on any atom is -0.310 e. The van der Waals surface area contributed by atoms with Crippen LogP contribution in [0.25, 0.3) is 0 Å². The highest BCUT2D eigenvalue weighted by Crippen LogP contribution is 2.28. The number of benzene rings is 1. The fourth-order valence-electron chi connectivity index (χ4n) is 2.48. The summed E-state index contributed by atoms with van der Waals surface area (Å²) in [7, 11) is 0. The summed E-state index contributed by atoms with van der Waals surface area (Å²) in [5.74, 6) is 0.210. The Hall–Kier alpha value is -1.35. The number of rotatable bonds is 3. The van der Waals surface area contributed by atoms with Crippen LogP contribution in [-0.2, 0) is 11.2 Å². The molecule has 1 heterocycles. The second kappa shape index (κ2) is 4.15. The predicted octanol–water partition coefficient (Wildman–Crippen LogP) is 1.72. The van der Waals surface area contributed by atoms with E-state index in [-0.39, 0.29) is 11.9 Å². The van der Waals surface area contributed by atoms with Crippen molar-refractivity contribution in [2.24, 2.45) is 0 Å². The Morgan fingerprint density at radius 3 is 2.94 bits per heavy atom. The molecule has 1 N–H and O–H groups in total. The first kappa shape index (κ1) is 10.8. The summed E-state index contributed by atoms with van der Waals surface area (Å²) in [6, 6.07) is 8.72. The molecule has 1 aromatic rings. The van der Waals surface area contributed by atoms with Crippen LogP contribution < -0.4 is 10.2 Å². The number of nitrogens with zero attached hydrogens (tertiary/aromatic N) is 1. The number of anilines is 1. The summed E-state index contributed by atoms with van der Waals surface area (Å²) in [4.78, 5) is 14.3. The molecule has 3 nitrogen and oxygen atoms in total. The molecule has 1 atom stereocenters. The summed E-state index contributed by atoms with van der Waals surface area (Å²) in [6.07, 6.45) is 3.42. The molecule has 1 aromatic carbocycles. The molecule has 17 heavy (non-hydrogen) atoms. The minimum atomic E-state index is -0.0614. The fourth-order valence-corrected chi connectivity index (χ4v) is 2.48. The summed E-state index contributed by atoms with van der Waals surface area (Å²) < 4.78 is 0. The van der Waals surface area contributed by atoms with Gasteiger partial charge in [-0.3, -0.25) is 4.79 Å². The number of hydrogen-bond acceptors (Lipinski definition) is 2. The first-order valence-electron chi connectivity index (χ1n) is 6.41. The maximum atomic E-state index is 12.3. The molecule has 0 spiro atoms. The lowest BCUT2D eigenvalue weighted by Crippen LogP contribution is -2.45. The molecule has 0 saturated heterocycles. The standard InChI is InChI=1S/C14H18N2O/c1-10(15-12-6-7-12)14(17)16-9-8-11-4-2-3-5-13(11)16/h2-5,10,12,15H,6-9H2,1H3. The van der Waals surface area contributed by atoms with Gasteiger partial charge >= 0.3 is 0 Å². The zero-order valence-electron chi connectivity index (χ0n) is 10.1. The lowest BCUT2D eigenvalue weighted by atomic mass is 10.2. The number of para-hydroxylation sites is 1. The predicted molar refractivity (Wildman–Crippen MR) is 68.1 cm³/mol. The Balaban J connectivity index is 1.74. The third-order valence-corrected chi connectivity index (χ3v) is 3.59. The van der Waals surface area contributed by atoms with E-state index in [9.17, 15) is 4.79 Å². The van der Waals surface area contributed by atoms with Crippen LogP contribution in [0.2, 0.25) is 0 Å². The highest BCUT2D eigenvalue weighted by molar-refractivity contribution is 5.98. The van der Waals surface area contributed by atoms with Crippen molar-refractivity contribution in [1.29, 1.82) is 0 Å². The molecule has 3 rings (SSSR count). The zero-order chi connectivity index (χ0) is 11.8. The molecule has 1 fully saturated rings. The summed E-state index contributed by atoms with van der Waals surface area (Å²) in [5, 5.41) is 3.37. The Labute approximate surface area is 102 Å². The second-order valence-corrected chi connectivity index (χ2v) is 5.03. The monoisotopic (exact) mass is 230 g/mol. The molecule has 3 heteroatoms. The third kappa shape index (κ3) is 2.07. The number of carbonyl (C=O) groups is 1. The summed E-state index contributed by atoms with van der Waals surface area (Å²) in [6.45, 7) is 2.80. The van der Waals surface area contributed by atoms with Crippen LogP contribution >= 0.6 is 0 Å². The van der Waals surface area contributed by atoms with E-state index in [1.807, 2.05) is 30.0 Å². The number of carbonyl (C=O) groups excluding carboxylic acids is 1. The van der Waals surface area contributed by atoms with Gasteiger partial charge in [0.2, 0.25) is 5.91 Å². The van der Waals surface area contributed by atoms with Crippen LogP contribution in [0, 0.1) is 0 Å². The number of hydrogen-bond donors (Lipinski definition) is 1. The Kier molecular flexibility index (Phi) is 2.63. The first-order chi connectivity index (χ1) is 8.25. The fraction of sp³-hybridized carbons (Fsp3) is 0.500. The van der Waals surface area contributed by atoms with Gasteiger partial charge in [-0.1, -0.05) is 18.2 Å². The quantitative estimate of drug-likeness (QED) is 0.857. The van der Waals surface area contributed by atoms with E-state index in [4.69, 9.17) is 0 Å². The van der Waals surface area contributed by atoms with Crippen molar-refractivity contribution in [1.82, 2.24) is 5.32 Å². The largest absolute Gasteiger partial charge is 0.310 e. The molecule has 1 aliphatic carbocycles. The zero-order valence-corrected chi connectivity index (χ0v) is 10.1. The van der Waals surface area contributed by atoms with Crippen LogP contribution in [-0.4, -0.2) is 24.5 Å². The summed E-state index contributed by atoms with van der Waals surface area (Å²) >= 11 is 0. The van der Waals surface area contributed by atoms with Crippen molar-refractivity contribution in [3.63, 3.8) is 0 Å². The molecule has 90 valence electrons. The van der Waals surface area contributed by atoms with Crippen LogP contribution in [0.3, 0.4) is 0 Å². The highest BCUT2D eigenvalue weighted by atomic mass is 16.2. The molecule has 0 radical (unpaired) electrons. The molecule has 1 unspecified atom stereocenters. The van der Waals surface area contributed by atoms with Gasteiger partial charge in [-0.15, -0.1) is 0 Å². The van der Waals surface area contributed by atoms with Crippen molar-refractivity contribution >= 4 is 11.6 Å². The maximum absolute atomic E-state index is 12.3. The van der Waals surface area contributed by atoms with Crippen molar-refractivity contribution < 1.29 is 4.79 Å². The Bertz CT molecular complexity index is 440. The van der Waals surface area contributed by atoms with Gasteiger partial charge < -0.3 is 10.2 Å². The van der Waals surface area contributed by atoms with E-state index < -0.39 is 0 Å². The number of fused-ring (bicyclic) bond motifs is 1. The average Bonchev–Trinajstić information content (AvgIpc) is 3.05. The molecule has 0 aromatic heterocycles. The minimum absolute atomic E-state index is 0.0614. The van der Waals surface area contributed by atoms with Crippen molar-refractivity contribution in [3.05, 3.63) is 29.8 Å². The molecule has 1 amide bonds. The Morgan fingerprint density at radius 1 is 1.41 bits per heavy atom. The van der Waals surface area contributed by atoms with Gasteiger partial charge in [0.1, 0.15) is 0 Å². The molecule has 0 bridgehead atoms. The molecule has 1 saturated carbocycles. The molecular formula is C14H18N2O. The van der Waals surface area contributed by atoms with Gasteiger partial charge in [-0.2, -0.15) is 0 Å². The van der Waals surface area contributed by atoms with E-state index in [1.54, 1.807) is 0 Å². The van der Waals surface area contributed by atoms with Gasteiger partial charge in [-0.05, 0) is 37.8 Å². The lowest BCUT2D eigenvalue weighted by Gasteiger charge is -2.22. The number of nitrogens with one attached hydrogen (secondary N) is 1. The molecule has 2 aliphatic rings. The van der Waals surface area contributed by atoms with E-state index in [2.05, 4.69) is 11.4 Å². The van der Waals surface area contributed by atoms with Crippen molar-refractivity contribution in [2.45, 2.75) is 38.3 Å². The average molecular weight is 230 g/mol. The first-order valence-corrected chi connectivity index (χ1v) is 6.41. The van der Waals surface area contributed by atoms with Gasteiger partial charge in [0.25, 0.3) is 0 Å². The van der Waals surface area contributed by atoms with Crippen LogP contribution in [0.4, 0.5) is 5.69 Å². The maximum Gasteiger partial charge on any atom is 0.243 e. The van der Waals surface area contributed by atoms with E-state index >= 15 is 0 Å². The van der Waals surface area contributed by atoms with E-state index in [1.165, 1.54) is 18.4 Å². The lowest BCUT2D eigenvalue weighted by molar-refractivity contribution is -0.120. The normalized spacial score (nSPS) is 20.2. The van der Waals surface area contributed by atoms with Crippen LogP contribution in [0.5, 0.6) is 0 Å². The second-order valence-electron chi connectivity index (χ2n) is 5.03. The number of amides is 1. The van der Waals surface area contributed by atoms with Gasteiger partial charge in [0, 0.05) is 18.3 Å². The highest BCUT2D eigenvalue weighted by Gasteiger charge is 2.31. The van der Waals surface area contributed by atoms with Gasteiger partial charge in [0.15, 0.2) is 0 Å². The van der Waals surface area contributed by atoms with Crippen LogP contribution in [0.1, 0.15) is 25.3 Å². The molecular weight excluding hydrogens is 212 g/mol. The third-order valence-electron chi connectivity index (χ3n) is 3.59. The van der Waals surface area contributed by atoms with Crippen molar-refractivity contribution in [3.8, 4) is 0 Å². The summed E-state index contributed by atoms with van der Waals surface area (Å²) in [5.41, 5.74) is 2.39. The van der Waals surface area contributed by atoms with Gasteiger partial charge in [0.05, 0.1) is 6.04 Å². The van der Waals surface area contributed by atoms with Crippen molar-refractivity contribution in [2.75, 3.05) is 11.4 Å². The SMILES string of the molecule is CC(NC1CC1)C(=O)N1CCc2ccccc21. The van der Waals surface area contributed by atoms with E-state index in [0.29, 0.717) is 6.04 Å². The molecule has 1 aliphatic heterocycles.